The van der Waals surface area contributed by atoms with Crippen molar-refractivity contribution in [3.05, 3.63) is 0 Å². The Hall–Kier alpha value is -0.0800. The van der Waals surface area contributed by atoms with Crippen LogP contribution < -0.4 is 11.5 Å². The van der Waals surface area contributed by atoms with E-state index in [4.69, 9.17) is 44.1 Å². The molecular weight excluding hydrogens is 538 g/mol. The number of hydrogen-bond acceptors (Lipinski definition) is 10. The summed E-state index contributed by atoms with van der Waals surface area (Å²) in [6.07, 6.45) is 1.82. The highest BCUT2D eigenvalue weighted by Gasteiger charge is 2.40. The zero-order valence-corrected chi connectivity index (χ0v) is 23.2. The molecule has 2 atom stereocenters. The molecule has 35 heavy (non-hydrogen) atoms. The fraction of sp³-hybridized carbons (Fsp3) is 0.895. The van der Waals surface area contributed by atoms with Crippen molar-refractivity contribution in [2.75, 3.05) is 71.6 Å². The quantitative estimate of drug-likeness (QED) is 0.151. The van der Waals surface area contributed by atoms with Crippen molar-refractivity contribution >= 4 is 48.4 Å². The third-order valence-corrected chi connectivity index (χ3v) is 13.5. The number of amides is 2. The number of nitrogens with zero attached hydrogens (tertiary/aromatic N) is 2. The minimum Gasteiger partial charge on any atom is -0.396 e. The van der Waals surface area contributed by atoms with Crippen LogP contribution >= 0.6 is 13.0 Å². The maximum Gasteiger partial charge on any atom is 0.236 e. The molecule has 2 aliphatic rings. The zero-order valence-electron chi connectivity index (χ0n) is 19.8. The number of likely N-dealkylation sites (tertiary alicyclic amines) is 2. The minimum atomic E-state index is -3.54. The summed E-state index contributed by atoms with van der Waals surface area (Å²) in [6.45, 7) is -6.10. The summed E-state index contributed by atoms with van der Waals surface area (Å²) in [7, 11) is 0. The molecule has 2 amide bonds. The Labute approximate surface area is 216 Å². The van der Waals surface area contributed by atoms with Crippen molar-refractivity contribution in [1.82, 2.24) is 9.80 Å². The first-order valence-corrected chi connectivity index (χ1v) is 17.2. The van der Waals surface area contributed by atoms with Gasteiger partial charge in [0.2, 0.25) is 11.8 Å². The Kier molecular flexibility index (Phi) is 11.7. The lowest BCUT2D eigenvalue weighted by atomic mass is 9.80. The number of aliphatic hydroxyl groups excluding tert-OH is 2. The van der Waals surface area contributed by atoms with E-state index in [1.54, 1.807) is 9.80 Å². The average molecular weight is 577 g/mol. The standard InChI is InChI=1S/C19H38N4O8P2S2/c20-9-16(26)22-5-1-18(11-24,2-6-22)13-30-32(28,34)15-33(29,35)31-14-19(12-25)3-7-23(8-4-19)17(27)10-21/h24-25H,1-15,20-21H2,(H,28,34)(H,29,35). The number of carbonyl (C=O) groups is 2. The number of rotatable bonds is 12. The second-order valence-corrected chi connectivity index (χ2v) is 17.1. The van der Waals surface area contributed by atoms with Gasteiger partial charge in [-0.15, -0.1) is 0 Å². The average Bonchev–Trinajstić information content (AvgIpc) is 2.85. The van der Waals surface area contributed by atoms with Gasteiger partial charge in [0.15, 0.2) is 13.0 Å². The first-order chi connectivity index (χ1) is 16.3. The highest BCUT2D eigenvalue weighted by molar-refractivity contribution is 8.18. The molecule has 2 fully saturated rings. The van der Waals surface area contributed by atoms with Crippen LogP contribution in [0.25, 0.3) is 0 Å². The fourth-order valence-corrected chi connectivity index (χ4v) is 11.4. The molecule has 2 saturated heterocycles. The molecule has 0 saturated carbocycles. The number of carbonyl (C=O) groups excluding carboxylic acids is 2. The molecule has 204 valence electrons. The molecule has 0 bridgehead atoms. The highest BCUT2D eigenvalue weighted by atomic mass is 32.5. The molecule has 12 nitrogen and oxygen atoms in total. The summed E-state index contributed by atoms with van der Waals surface area (Å²) in [4.78, 5) is 48.2. The van der Waals surface area contributed by atoms with Crippen molar-refractivity contribution in [2.24, 2.45) is 22.3 Å². The SMILES string of the molecule is NCC(=O)N1CCC(CO)(COP(O)(=S)CP(O)(=S)OCC2(CO)CCN(C(=O)CN)CC2)CC1. The van der Waals surface area contributed by atoms with Crippen LogP contribution in [-0.4, -0.2) is 113 Å². The van der Waals surface area contributed by atoms with Crippen molar-refractivity contribution in [2.45, 2.75) is 25.7 Å². The molecular formula is C19H38N4O8P2S2. The molecule has 0 spiro atoms. The van der Waals surface area contributed by atoms with Gasteiger partial charge in [0.25, 0.3) is 0 Å². The maximum atomic E-state index is 11.8. The Morgan fingerprint density at radius 1 is 0.771 bits per heavy atom. The van der Waals surface area contributed by atoms with E-state index >= 15 is 0 Å². The molecule has 0 aromatic carbocycles. The van der Waals surface area contributed by atoms with Crippen molar-refractivity contribution < 1.29 is 38.6 Å². The third kappa shape index (κ3) is 9.01. The van der Waals surface area contributed by atoms with E-state index in [9.17, 15) is 29.6 Å². The molecule has 2 heterocycles. The predicted octanol–water partition coefficient (Wildman–Crippen LogP) is -1.30. The number of piperidine rings is 2. The van der Waals surface area contributed by atoms with E-state index in [0.717, 1.165) is 0 Å². The smallest absolute Gasteiger partial charge is 0.236 e. The Bertz CT molecular complexity index is 770. The first-order valence-electron chi connectivity index (χ1n) is 11.4. The van der Waals surface area contributed by atoms with E-state index < -0.39 is 29.7 Å². The topological polar surface area (TPSA) is 192 Å². The number of aliphatic hydroxyl groups is 2. The van der Waals surface area contributed by atoms with Gasteiger partial charge in [-0.25, -0.2) is 0 Å². The zero-order chi connectivity index (χ0) is 26.3. The van der Waals surface area contributed by atoms with Gasteiger partial charge in [-0.3, -0.25) is 9.59 Å². The van der Waals surface area contributed by atoms with Gasteiger partial charge in [-0.1, -0.05) is 0 Å². The summed E-state index contributed by atoms with van der Waals surface area (Å²) in [5, 5.41) is 19.9. The van der Waals surface area contributed by atoms with E-state index in [0.29, 0.717) is 51.9 Å². The molecule has 2 unspecified atom stereocenters. The molecule has 0 aromatic rings. The summed E-state index contributed by atoms with van der Waals surface area (Å²) < 4.78 is 11.3. The Balaban J connectivity index is 1.89. The summed E-state index contributed by atoms with van der Waals surface area (Å²) >= 11 is 10.4. The van der Waals surface area contributed by atoms with Crippen LogP contribution in [0.15, 0.2) is 0 Å². The van der Waals surface area contributed by atoms with Crippen LogP contribution in [0, 0.1) is 10.8 Å². The normalized spacial score (nSPS) is 23.4. The Morgan fingerprint density at radius 2 is 1.09 bits per heavy atom. The lowest BCUT2D eigenvalue weighted by molar-refractivity contribution is -0.133. The molecule has 0 radical (unpaired) electrons. The van der Waals surface area contributed by atoms with Crippen molar-refractivity contribution in [3.8, 4) is 0 Å². The second kappa shape index (κ2) is 13.1. The van der Waals surface area contributed by atoms with Crippen LogP contribution in [0.1, 0.15) is 25.7 Å². The van der Waals surface area contributed by atoms with Crippen LogP contribution in [0.2, 0.25) is 0 Å². The van der Waals surface area contributed by atoms with Crippen LogP contribution in [-0.2, 0) is 42.3 Å². The fourth-order valence-electron chi connectivity index (χ4n) is 4.20. The predicted molar refractivity (Wildman–Crippen MR) is 139 cm³/mol. The van der Waals surface area contributed by atoms with Crippen LogP contribution in [0.3, 0.4) is 0 Å². The molecule has 2 aliphatic heterocycles. The molecule has 16 heteroatoms. The van der Waals surface area contributed by atoms with Crippen molar-refractivity contribution in [3.63, 3.8) is 0 Å². The highest BCUT2D eigenvalue weighted by Crippen LogP contribution is 2.60. The maximum absolute atomic E-state index is 11.8. The van der Waals surface area contributed by atoms with Crippen LogP contribution in [0.4, 0.5) is 0 Å². The summed E-state index contributed by atoms with van der Waals surface area (Å²) in [6, 6.07) is 0. The summed E-state index contributed by atoms with van der Waals surface area (Å²) in [5.74, 6) is -0.746. The largest absolute Gasteiger partial charge is 0.396 e. The van der Waals surface area contributed by atoms with Gasteiger partial charge in [-0.05, 0) is 49.3 Å². The molecule has 0 aromatic heterocycles. The summed E-state index contributed by atoms with van der Waals surface area (Å²) in [5.41, 5.74) is 9.47. The number of nitrogens with two attached hydrogens (primary N) is 2. The molecule has 8 N–H and O–H groups in total. The first kappa shape index (κ1) is 31.1. The van der Waals surface area contributed by atoms with Gasteiger partial charge >= 0.3 is 0 Å². The lowest BCUT2D eigenvalue weighted by Crippen LogP contribution is -2.48. The van der Waals surface area contributed by atoms with E-state index in [1.807, 2.05) is 0 Å². The van der Waals surface area contributed by atoms with Gasteiger partial charge in [-0.2, -0.15) is 0 Å². The van der Waals surface area contributed by atoms with Gasteiger partial charge < -0.3 is 50.3 Å². The lowest BCUT2D eigenvalue weighted by Gasteiger charge is -2.41. The van der Waals surface area contributed by atoms with E-state index in [1.165, 1.54) is 0 Å². The van der Waals surface area contributed by atoms with Gasteiger partial charge in [0.1, 0.15) is 0 Å². The van der Waals surface area contributed by atoms with E-state index in [2.05, 4.69) is 0 Å². The van der Waals surface area contributed by atoms with E-state index in [-0.39, 0.29) is 51.3 Å². The molecule has 2 rings (SSSR count). The second-order valence-electron chi connectivity index (χ2n) is 9.45. The van der Waals surface area contributed by atoms with Gasteiger partial charge in [0, 0.05) is 37.0 Å². The minimum absolute atomic E-state index is 0.0388. The Morgan fingerprint density at radius 3 is 1.34 bits per heavy atom. The van der Waals surface area contributed by atoms with Crippen molar-refractivity contribution in [1.29, 1.82) is 0 Å². The van der Waals surface area contributed by atoms with Crippen LogP contribution in [0.5, 0.6) is 0 Å². The monoisotopic (exact) mass is 576 g/mol. The molecule has 0 aliphatic carbocycles. The van der Waals surface area contributed by atoms with Gasteiger partial charge in [0.05, 0.1) is 45.4 Å². The number of hydrogen-bond donors (Lipinski definition) is 6. The third-order valence-electron chi connectivity index (χ3n) is 6.88.